The molecule has 2 heteroatoms. The lowest BCUT2D eigenvalue weighted by molar-refractivity contribution is -0.118. The smallest absolute Gasteiger partial charge is 0.220 e. The molecule has 0 aliphatic rings. The van der Waals surface area contributed by atoms with Crippen molar-refractivity contribution in [3.63, 3.8) is 0 Å². The number of rotatable bonds is 2. The summed E-state index contributed by atoms with van der Waals surface area (Å²) in [4.78, 5) is 10.8. The van der Waals surface area contributed by atoms with Gasteiger partial charge in [0.05, 0.1) is 0 Å². The fourth-order valence-electron chi connectivity index (χ4n) is 1.26. The van der Waals surface area contributed by atoms with Gasteiger partial charge in [0.1, 0.15) is 0 Å². The SMILES string of the molecule is CC(=O)N/C(C)=C(/C)c1ccccc1. The molecule has 74 valence electrons. The first kappa shape index (κ1) is 10.5. The Labute approximate surface area is 84.6 Å². The molecule has 0 atom stereocenters. The van der Waals surface area contributed by atoms with Crippen molar-refractivity contribution in [3.05, 3.63) is 41.6 Å². The average Bonchev–Trinajstić information content (AvgIpc) is 2.17. The zero-order chi connectivity index (χ0) is 10.6. The van der Waals surface area contributed by atoms with Crippen LogP contribution in [-0.2, 0) is 4.79 Å². The summed E-state index contributed by atoms with van der Waals surface area (Å²) in [6, 6.07) is 10.0. The van der Waals surface area contributed by atoms with Crippen molar-refractivity contribution in [1.82, 2.24) is 5.32 Å². The summed E-state index contributed by atoms with van der Waals surface area (Å²) in [5.41, 5.74) is 3.14. The molecular weight excluding hydrogens is 174 g/mol. The van der Waals surface area contributed by atoms with Gasteiger partial charge in [0.25, 0.3) is 0 Å². The molecule has 2 nitrogen and oxygen atoms in total. The first-order chi connectivity index (χ1) is 6.61. The molecule has 14 heavy (non-hydrogen) atoms. The fourth-order valence-corrected chi connectivity index (χ4v) is 1.26. The second-order valence-electron chi connectivity index (χ2n) is 3.30. The molecule has 0 saturated heterocycles. The first-order valence-corrected chi connectivity index (χ1v) is 4.61. The van der Waals surface area contributed by atoms with E-state index in [0.29, 0.717) is 0 Å². The van der Waals surface area contributed by atoms with Gasteiger partial charge in [-0.1, -0.05) is 30.3 Å². The molecule has 0 spiro atoms. The van der Waals surface area contributed by atoms with E-state index in [1.165, 1.54) is 6.92 Å². The lowest BCUT2D eigenvalue weighted by Gasteiger charge is -2.08. The highest BCUT2D eigenvalue weighted by Gasteiger charge is 2.00. The minimum absolute atomic E-state index is 0.0298. The van der Waals surface area contributed by atoms with Gasteiger partial charge in [0.2, 0.25) is 5.91 Å². The second-order valence-corrected chi connectivity index (χ2v) is 3.30. The molecule has 0 aliphatic carbocycles. The zero-order valence-electron chi connectivity index (χ0n) is 8.79. The van der Waals surface area contributed by atoms with Crippen LogP contribution in [-0.4, -0.2) is 5.91 Å². The van der Waals surface area contributed by atoms with Crippen LogP contribution in [0.1, 0.15) is 26.3 Å². The second kappa shape index (κ2) is 4.61. The Bertz CT molecular complexity index is 352. The number of hydrogen-bond donors (Lipinski definition) is 1. The Morgan fingerprint density at radius 3 is 2.14 bits per heavy atom. The van der Waals surface area contributed by atoms with Crippen LogP contribution < -0.4 is 5.32 Å². The maximum absolute atomic E-state index is 10.8. The van der Waals surface area contributed by atoms with E-state index >= 15 is 0 Å². The summed E-state index contributed by atoms with van der Waals surface area (Å²) >= 11 is 0. The number of benzene rings is 1. The van der Waals surface area contributed by atoms with Crippen molar-refractivity contribution < 1.29 is 4.79 Å². The summed E-state index contributed by atoms with van der Waals surface area (Å²) < 4.78 is 0. The molecule has 1 aromatic rings. The Hall–Kier alpha value is -1.57. The van der Waals surface area contributed by atoms with Crippen molar-refractivity contribution in [2.24, 2.45) is 0 Å². The monoisotopic (exact) mass is 189 g/mol. The van der Waals surface area contributed by atoms with E-state index < -0.39 is 0 Å². The molecular formula is C12H15NO. The molecule has 1 aromatic carbocycles. The van der Waals surface area contributed by atoms with Gasteiger partial charge in [0.15, 0.2) is 0 Å². The lowest BCUT2D eigenvalue weighted by Crippen LogP contribution is -2.18. The van der Waals surface area contributed by atoms with Gasteiger partial charge in [-0.2, -0.15) is 0 Å². The van der Waals surface area contributed by atoms with E-state index in [1.807, 2.05) is 44.2 Å². The van der Waals surface area contributed by atoms with Gasteiger partial charge in [-0.3, -0.25) is 4.79 Å². The summed E-state index contributed by atoms with van der Waals surface area (Å²) in [5, 5.41) is 2.78. The van der Waals surface area contributed by atoms with Crippen LogP contribution in [0.5, 0.6) is 0 Å². The number of carbonyl (C=O) groups excluding carboxylic acids is 1. The molecule has 0 radical (unpaired) electrons. The molecule has 1 rings (SSSR count). The molecule has 0 saturated carbocycles. The van der Waals surface area contributed by atoms with E-state index in [0.717, 1.165) is 16.8 Å². The van der Waals surface area contributed by atoms with Crippen molar-refractivity contribution >= 4 is 11.5 Å². The van der Waals surface area contributed by atoms with Crippen molar-refractivity contribution in [2.75, 3.05) is 0 Å². The Morgan fingerprint density at radius 1 is 1.07 bits per heavy atom. The Balaban J connectivity index is 2.93. The zero-order valence-corrected chi connectivity index (χ0v) is 8.79. The Morgan fingerprint density at radius 2 is 1.64 bits per heavy atom. The third kappa shape index (κ3) is 2.73. The largest absolute Gasteiger partial charge is 0.330 e. The fraction of sp³-hybridized carbons (Fsp3) is 0.250. The molecule has 0 bridgehead atoms. The van der Waals surface area contributed by atoms with Crippen LogP contribution in [0, 0.1) is 0 Å². The van der Waals surface area contributed by atoms with Crippen LogP contribution in [0.3, 0.4) is 0 Å². The standard InChI is InChI=1S/C12H15NO/c1-9(10(2)13-11(3)14)12-7-5-4-6-8-12/h4-8H,1-3H3,(H,13,14)/b10-9-. The van der Waals surface area contributed by atoms with Gasteiger partial charge in [-0.05, 0) is 25.0 Å². The summed E-state index contributed by atoms with van der Waals surface area (Å²) in [6.07, 6.45) is 0. The predicted octanol–water partition coefficient (Wildman–Crippen LogP) is 2.57. The van der Waals surface area contributed by atoms with E-state index in [2.05, 4.69) is 5.32 Å². The van der Waals surface area contributed by atoms with Gasteiger partial charge >= 0.3 is 0 Å². The highest BCUT2D eigenvalue weighted by molar-refractivity contribution is 5.78. The summed E-state index contributed by atoms with van der Waals surface area (Å²) in [5.74, 6) is -0.0298. The topological polar surface area (TPSA) is 29.1 Å². The number of nitrogens with one attached hydrogen (secondary N) is 1. The highest BCUT2D eigenvalue weighted by atomic mass is 16.1. The van der Waals surface area contributed by atoms with Gasteiger partial charge < -0.3 is 5.32 Å². The third-order valence-electron chi connectivity index (χ3n) is 2.13. The lowest BCUT2D eigenvalue weighted by atomic mass is 10.1. The highest BCUT2D eigenvalue weighted by Crippen LogP contribution is 2.15. The molecule has 1 N–H and O–H groups in total. The maximum atomic E-state index is 10.8. The molecule has 0 unspecified atom stereocenters. The van der Waals surface area contributed by atoms with Crippen molar-refractivity contribution in [3.8, 4) is 0 Å². The molecule has 0 aromatic heterocycles. The normalized spacial score (nSPS) is 11.9. The van der Waals surface area contributed by atoms with Crippen LogP contribution >= 0.6 is 0 Å². The van der Waals surface area contributed by atoms with Crippen LogP contribution in [0.4, 0.5) is 0 Å². The summed E-state index contributed by atoms with van der Waals surface area (Å²) in [6.45, 7) is 5.42. The van der Waals surface area contributed by atoms with E-state index in [1.54, 1.807) is 0 Å². The van der Waals surface area contributed by atoms with E-state index in [4.69, 9.17) is 0 Å². The van der Waals surface area contributed by atoms with Crippen LogP contribution in [0.25, 0.3) is 5.57 Å². The summed E-state index contributed by atoms with van der Waals surface area (Å²) in [7, 11) is 0. The minimum atomic E-state index is -0.0298. The van der Waals surface area contributed by atoms with Gasteiger partial charge in [0, 0.05) is 12.6 Å². The Kier molecular flexibility index (Phi) is 3.46. The van der Waals surface area contributed by atoms with E-state index in [-0.39, 0.29) is 5.91 Å². The first-order valence-electron chi connectivity index (χ1n) is 4.61. The van der Waals surface area contributed by atoms with Gasteiger partial charge in [-0.25, -0.2) is 0 Å². The van der Waals surface area contributed by atoms with Gasteiger partial charge in [-0.15, -0.1) is 0 Å². The third-order valence-corrected chi connectivity index (χ3v) is 2.13. The molecule has 0 fully saturated rings. The predicted molar refractivity (Wildman–Crippen MR) is 58.5 cm³/mol. The quantitative estimate of drug-likeness (QED) is 0.761. The van der Waals surface area contributed by atoms with Crippen molar-refractivity contribution in [1.29, 1.82) is 0 Å². The minimum Gasteiger partial charge on any atom is -0.330 e. The number of allylic oxidation sites excluding steroid dienone is 2. The molecule has 0 heterocycles. The van der Waals surface area contributed by atoms with E-state index in [9.17, 15) is 4.79 Å². The van der Waals surface area contributed by atoms with Crippen LogP contribution in [0.2, 0.25) is 0 Å². The molecule has 1 amide bonds. The number of amides is 1. The number of hydrogen-bond acceptors (Lipinski definition) is 1. The van der Waals surface area contributed by atoms with Crippen LogP contribution in [0.15, 0.2) is 36.0 Å². The average molecular weight is 189 g/mol. The maximum Gasteiger partial charge on any atom is 0.220 e. The molecule has 0 aliphatic heterocycles. The number of carbonyl (C=O) groups is 1. The van der Waals surface area contributed by atoms with Crippen molar-refractivity contribution in [2.45, 2.75) is 20.8 Å².